The number of hydrogen-bond donors (Lipinski definition) is 2. The zero-order valence-electron chi connectivity index (χ0n) is 10.4. The summed E-state index contributed by atoms with van der Waals surface area (Å²) in [6.45, 7) is 0. The van der Waals surface area contributed by atoms with Gasteiger partial charge in [-0.2, -0.15) is 0 Å². The SMILES string of the molecule is O=C(O)Cc1csc(NC(=O)C=Cc2ccccc2)n1. The Bertz CT molecular complexity index is 635. The highest BCUT2D eigenvalue weighted by molar-refractivity contribution is 7.14. The Morgan fingerprint density at radius 1 is 1.30 bits per heavy atom. The van der Waals surface area contributed by atoms with E-state index in [9.17, 15) is 9.59 Å². The van der Waals surface area contributed by atoms with Crippen molar-refractivity contribution in [1.29, 1.82) is 0 Å². The molecule has 1 heterocycles. The Morgan fingerprint density at radius 2 is 2.05 bits per heavy atom. The number of anilines is 1. The predicted molar refractivity (Wildman–Crippen MR) is 77.6 cm³/mol. The average Bonchev–Trinajstić information content (AvgIpc) is 2.84. The number of carbonyl (C=O) groups excluding carboxylic acids is 1. The lowest BCUT2D eigenvalue weighted by atomic mass is 10.2. The largest absolute Gasteiger partial charge is 0.481 e. The monoisotopic (exact) mass is 288 g/mol. The Hall–Kier alpha value is -2.47. The van der Waals surface area contributed by atoms with Gasteiger partial charge in [0.1, 0.15) is 0 Å². The number of carboxylic acid groups (broad SMARTS) is 1. The molecule has 0 unspecified atom stereocenters. The van der Waals surface area contributed by atoms with Gasteiger partial charge in [0.25, 0.3) is 0 Å². The molecule has 1 amide bonds. The van der Waals surface area contributed by atoms with Crippen molar-refractivity contribution in [2.24, 2.45) is 0 Å². The van der Waals surface area contributed by atoms with E-state index in [1.165, 1.54) is 17.4 Å². The second kappa shape index (κ2) is 6.63. The molecular weight excluding hydrogens is 276 g/mol. The van der Waals surface area contributed by atoms with Crippen LogP contribution in [0.2, 0.25) is 0 Å². The van der Waals surface area contributed by atoms with Crippen LogP contribution in [0, 0.1) is 0 Å². The first-order valence-electron chi connectivity index (χ1n) is 5.84. The fraction of sp³-hybridized carbons (Fsp3) is 0.0714. The average molecular weight is 288 g/mol. The number of amides is 1. The van der Waals surface area contributed by atoms with Crippen LogP contribution in [0.5, 0.6) is 0 Å². The van der Waals surface area contributed by atoms with Crippen LogP contribution < -0.4 is 5.32 Å². The molecule has 0 spiro atoms. The van der Waals surface area contributed by atoms with Crippen LogP contribution in [0.15, 0.2) is 41.8 Å². The van der Waals surface area contributed by atoms with E-state index >= 15 is 0 Å². The zero-order chi connectivity index (χ0) is 14.4. The van der Waals surface area contributed by atoms with Gasteiger partial charge in [-0.05, 0) is 11.6 Å². The molecule has 0 aliphatic rings. The summed E-state index contributed by atoms with van der Waals surface area (Å²) >= 11 is 1.20. The van der Waals surface area contributed by atoms with Crippen LogP contribution >= 0.6 is 11.3 Å². The minimum Gasteiger partial charge on any atom is -0.481 e. The molecule has 2 aromatic rings. The van der Waals surface area contributed by atoms with Gasteiger partial charge in [0.15, 0.2) is 5.13 Å². The molecule has 0 radical (unpaired) electrons. The lowest BCUT2D eigenvalue weighted by Gasteiger charge is -1.96. The molecule has 2 rings (SSSR count). The van der Waals surface area contributed by atoms with Crippen LogP contribution in [-0.2, 0) is 16.0 Å². The van der Waals surface area contributed by atoms with Gasteiger partial charge < -0.3 is 5.11 Å². The van der Waals surface area contributed by atoms with Crippen molar-refractivity contribution in [1.82, 2.24) is 4.98 Å². The van der Waals surface area contributed by atoms with E-state index in [0.717, 1.165) is 5.56 Å². The molecule has 0 saturated carbocycles. The normalized spacial score (nSPS) is 10.6. The van der Waals surface area contributed by atoms with Crippen molar-refractivity contribution in [2.75, 3.05) is 5.32 Å². The Balaban J connectivity index is 1.93. The third-order valence-corrected chi connectivity index (χ3v) is 3.15. The number of nitrogens with one attached hydrogen (secondary N) is 1. The molecule has 5 nitrogen and oxygen atoms in total. The molecule has 20 heavy (non-hydrogen) atoms. The summed E-state index contributed by atoms with van der Waals surface area (Å²) in [5.41, 5.74) is 1.36. The van der Waals surface area contributed by atoms with E-state index in [4.69, 9.17) is 5.11 Å². The number of benzene rings is 1. The van der Waals surface area contributed by atoms with Crippen molar-refractivity contribution >= 4 is 34.4 Å². The van der Waals surface area contributed by atoms with Crippen molar-refractivity contribution < 1.29 is 14.7 Å². The summed E-state index contributed by atoms with van der Waals surface area (Å²) in [4.78, 5) is 26.2. The van der Waals surface area contributed by atoms with Gasteiger partial charge in [-0.1, -0.05) is 30.3 Å². The van der Waals surface area contributed by atoms with Crippen LogP contribution in [0.1, 0.15) is 11.3 Å². The van der Waals surface area contributed by atoms with Gasteiger partial charge in [0.05, 0.1) is 12.1 Å². The van der Waals surface area contributed by atoms with E-state index in [-0.39, 0.29) is 12.3 Å². The molecule has 0 saturated heterocycles. The van der Waals surface area contributed by atoms with E-state index in [1.54, 1.807) is 11.5 Å². The lowest BCUT2D eigenvalue weighted by molar-refractivity contribution is -0.136. The molecule has 2 N–H and O–H groups in total. The first kappa shape index (κ1) is 14.0. The Kier molecular flexibility index (Phi) is 4.62. The minimum absolute atomic E-state index is 0.147. The third kappa shape index (κ3) is 4.33. The Labute approximate surface area is 119 Å². The summed E-state index contributed by atoms with van der Waals surface area (Å²) in [5.74, 6) is -1.25. The minimum atomic E-state index is -0.947. The van der Waals surface area contributed by atoms with Gasteiger partial charge in [-0.3, -0.25) is 14.9 Å². The summed E-state index contributed by atoms with van der Waals surface area (Å²) < 4.78 is 0. The summed E-state index contributed by atoms with van der Waals surface area (Å²) in [7, 11) is 0. The lowest BCUT2D eigenvalue weighted by Crippen LogP contribution is -2.08. The maximum Gasteiger partial charge on any atom is 0.309 e. The summed E-state index contributed by atoms with van der Waals surface area (Å²) in [5, 5.41) is 13.2. The van der Waals surface area contributed by atoms with Crippen LogP contribution in [0.3, 0.4) is 0 Å². The summed E-state index contributed by atoms with van der Waals surface area (Å²) in [6, 6.07) is 9.44. The highest BCUT2D eigenvalue weighted by atomic mass is 32.1. The number of aliphatic carboxylic acids is 1. The quantitative estimate of drug-likeness (QED) is 0.828. The van der Waals surface area contributed by atoms with E-state index in [2.05, 4.69) is 10.3 Å². The van der Waals surface area contributed by atoms with Gasteiger partial charge in [0, 0.05) is 11.5 Å². The smallest absolute Gasteiger partial charge is 0.309 e. The molecule has 0 fully saturated rings. The second-order valence-corrected chi connectivity index (χ2v) is 4.81. The molecule has 0 atom stereocenters. The number of carboxylic acids is 1. The van der Waals surface area contributed by atoms with Crippen LogP contribution in [0.4, 0.5) is 5.13 Å². The molecule has 1 aromatic heterocycles. The second-order valence-electron chi connectivity index (χ2n) is 3.95. The van der Waals surface area contributed by atoms with Crippen molar-refractivity contribution in [3.8, 4) is 0 Å². The molecule has 0 aliphatic carbocycles. The van der Waals surface area contributed by atoms with Gasteiger partial charge in [0.2, 0.25) is 5.91 Å². The van der Waals surface area contributed by atoms with Gasteiger partial charge in [-0.25, -0.2) is 4.98 Å². The third-order valence-electron chi connectivity index (χ3n) is 2.34. The predicted octanol–water partition coefficient (Wildman–Crippen LogP) is 2.42. The molecule has 6 heteroatoms. The van der Waals surface area contributed by atoms with Gasteiger partial charge in [-0.15, -0.1) is 11.3 Å². The first-order chi connectivity index (χ1) is 9.63. The van der Waals surface area contributed by atoms with Crippen LogP contribution in [0.25, 0.3) is 6.08 Å². The maximum atomic E-state index is 11.7. The van der Waals surface area contributed by atoms with Gasteiger partial charge >= 0.3 is 5.97 Å². The highest BCUT2D eigenvalue weighted by Crippen LogP contribution is 2.15. The molecule has 1 aromatic carbocycles. The van der Waals surface area contributed by atoms with Crippen LogP contribution in [-0.4, -0.2) is 22.0 Å². The van der Waals surface area contributed by atoms with E-state index in [0.29, 0.717) is 10.8 Å². The molecule has 0 aliphatic heterocycles. The first-order valence-corrected chi connectivity index (χ1v) is 6.72. The molecule has 0 bridgehead atoms. The number of hydrogen-bond acceptors (Lipinski definition) is 4. The van der Waals surface area contributed by atoms with E-state index in [1.807, 2.05) is 30.3 Å². The number of carbonyl (C=O) groups is 2. The Morgan fingerprint density at radius 3 is 2.75 bits per heavy atom. The number of rotatable bonds is 5. The number of aromatic nitrogens is 1. The van der Waals surface area contributed by atoms with Crippen molar-refractivity contribution in [2.45, 2.75) is 6.42 Å². The molecule has 102 valence electrons. The zero-order valence-corrected chi connectivity index (χ0v) is 11.3. The maximum absolute atomic E-state index is 11.7. The standard InChI is InChI=1S/C14H12N2O3S/c17-12(7-6-10-4-2-1-3-5-10)16-14-15-11(9-20-14)8-13(18)19/h1-7,9H,8H2,(H,18,19)(H,15,16,17). The summed E-state index contributed by atoms with van der Waals surface area (Å²) in [6.07, 6.45) is 2.96. The fourth-order valence-corrected chi connectivity index (χ4v) is 2.20. The molecular formula is C14H12N2O3S. The topological polar surface area (TPSA) is 79.3 Å². The van der Waals surface area contributed by atoms with Crippen molar-refractivity contribution in [3.63, 3.8) is 0 Å². The highest BCUT2D eigenvalue weighted by Gasteiger charge is 2.07. The fourth-order valence-electron chi connectivity index (χ4n) is 1.48. The number of thiazole rings is 1. The van der Waals surface area contributed by atoms with E-state index < -0.39 is 5.97 Å². The number of nitrogens with zero attached hydrogens (tertiary/aromatic N) is 1. The van der Waals surface area contributed by atoms with Crippen molar-refractivity contribution in [3.05, 3.63) is 53.0 Å².